The first-order valence-corrected chi connectivity index (χ1v) is 19.6. The summed E-state index contributed by atoms with van der Waals surface area (Å²) >= 11 is 13.2. The number of alkyl halides is 2. The molecule has 2 fully saturated rings. The number of carbonyl (C=O) groups is 7. The van der Waals surface area contributed by atoms with Gasteiger partial charge in [0.2, 0.25) is 29.4 Å². The number of ketones is 1. The van der Waals surface area contributed by atoms with Gasteiger partial charge in [0.15, 0.2) is 0 Å². The van der Waals surface area contributed by atoms with Crippen LogP contribution in [0.3, 0.4) is 0 Å². The van der Waals surface area contributed by atoms with E-state index in [0.29, 0.717) is 18.4 Å². The zero-order chi connectivity index (χ0) is 41.8. The molecule has 0 radical (unpaired) electrons. The number of piperidine rings is 1. The Morgan fingerprint density at radius 2 is 1.56 bits per heavy atom. The van der Waals surface area contributed by atoms with Crippen molar-refractivity contribution in [3.63, 3.8) is 0 Å². The number of carbonyl (C=O) groups excluding carboxylic acids is 7. The highest BCUT2D eigenvalue weighted by Gasteiger charge is 2.74. The molecule has 5 rings (SSSR count). The van der Waals surface area contributed by atoms with E-state index in [0.717, 1.165) is 11.1 Å². The van der Waals surface area contributed by atoms with Crippen LogP contribution in [0.4, 0.5) is 4.79 Å². The van der Waals surface area contributed by atoms with Gasteiger partial charge in [0, 0.05) is 32.5 Å². The topological polar surface area (TPSA) is 183 Å². The molecular weight excluding hydrogens is 775 g/mol. The summed E-state index contributed by atoms with van der Waals surface area (Å²) in [5.74, 6) is -6.13. The number of ether oxygens (including phenoxy) is 1. The number of benzene rings is 2. The minimum Gasteiger partial charge on any atom is -0.444 e. The van der Waals surface area contributed by atoms with Gasteiger partial charge in [0.05, 0.1) is 12.6 Å². The Kier molecular flexibility index (Phi) is 13.4. The SMILES string of the molecule is C=CCCC(NC(=O)C1C2C(CN1C(=O)C(NC(=O)OC(C)(C)C)C1Cc3ccccc3C1)C2(Cl)Cl)C(=O)C(=O)NCC(=O)NC(C(=O)N(C)C)c1ccccc1. The van der Waals surface area contributed by atoms with Crippen molar-refractivity contribution in [2.45, 2.75) is 80.6 Å². The first kappa shape index (κ1) is 43.2. The molecule has 6 atom stereocenters. The zero-order valence-corrected chi connectivity index (χ0v) is 34.2. The molecule has 2 aliphatic carbocycles. The minimum absolute atomic E-state index is 0.0158. The van der Waals surface area contributed by atoms with Gasteiger partial charge in [-0.25, -0.2) is 4.79 Å². The van der Waals surface area contributed by atoms with Crippen molar-refractivity contribution in [1.29, 1.82) is 0 Å². The fourth-order valence-electron chi connectivity index (χ4n) is 7.58. The highest BCUT2D eigenvalue weighted by Crippen LogP contribution is 2.65. The van der Waals surface area contributed by atoms with Crippen LogP contribution in [0, 0.1) is 17.8 Å². The third kappa shape index (κ3) is 10.1. The number of fused-ring (bicyclic) bond motifs is 2. The fourth-order valence-corrected chi connectivity index (χ4v) is 8.40. The number of nitrogens with one attached hydrogen (secondary N) is 4. The summed E-state index contributed by atoms with van der Waals surface area (Å²) in [5.41, 5.74) is 1.77. The highest BCUT2D eigenvalue weighted by atomic mass is 35.5. The standard InChI is InChI=1S/C41H50Cl2N6O8/c1-7-8-18-28(34(51)36(53)44-21-29(50)46-31(37(54)48(5)6)23-14-10-9-11-15-23)45-35(52)33-30-27(41(30,42)43)22-49(33)38(55)32(47-39(56)57-40(2,3)4)26-19-24-16-12-13-17-25(24)20-26/h7,9-17,26-28,30-33H,1,8,18-22H2,2-6H3,(H,44,53)(H,45,52)(H,46,50)(H,47,56). The number of likely N-dealkylation sites (N-methyl/N-ethyl adjacent to an activating group) is 1. The number of allylic oxidation sites excluding steroid dienone is 1. The third-order valence-electron chi connectivity index (χ3n) is 10.4. The van der Waals surface area contributed by atoms with Crippen LogP contribution in [0.5, 0.6) is 0 Å². The van der Waals surface area contributed by atoms with Gasteiger partial charge in [-0.05, 0) is 69.1 Å². The largest absolute Gasteiger partial charge is 0.444 e. The molecule has 6 amide bonds. The maximum absolute atomic E-state index is 14.6. The van der Waals surface area contributed by atoms with Gasteiger partial charge in [-0.1, -0.05) is 60.7 Å². The van der Waals surface area contributed by atoms with Gasteiger partial charge in [-0.2, -0.15) is 0 Å². The number of halogens is 2. The van der Waals surface area contributed by atoms with Crippen molar-refractivity contribution in [2.24, 2.45) is 17.8 Å². The molecule has 0 bridgehead atoms. The molecule has 1 aliphatic heterocycles. The lowest BCUT2D eigenvalue weighted by atomic mass is 9.94. The smallest absolute Gasteiger partial charge is 0.408 e. The summed E-state index contributed by atoms with van der Waals surface area (Å²) in [6.07, 6.45) is 1.93. The van der Waals surface area contributed by atoms with Crippen LogP contribution in [0.25, 0.3) is 0 Å². The van der Waals surface area contributed by atoms with E-state index in [9.17, 15) is 33.6 Å². The van der Waals surface area contributed by atoms with Crippen LogP contribution in [0.15, 0.2) is 67.3 Å². The van der Waals surface area contributed by atoms with Crippen molar-refractivity contribution in [2.75, 3.05) is 27.2 Å². The van der Waals surface area contributed by atoms with Crippen LogP contribution < -0.4 is 21.3 Å². The molecule has 2 aromatic carbocycles. The molecule has 57 heavy (non-hydrogen) atoms. The molecular formula is C41H50Cl2N6O8. The van der Waals surface area contributed by atoms with E-state index < -0.39 is 93.9 Å². The van der Waals surface area contributed by atoms with Crippen LogP contribution in [-0.4, -0.2) is 106 Å². The van der Waals surface area contributed by atoms with E-state index in [2.05, 4.69) is 27.8 Å². The molecule has 2 aromatic rings. The molecule has 0 aromatic heterocycles. The number of amides is 6. The molecule has 14 nitrogen and oxygen atoms in total. The predicted octanol–water partition coefficient (Wildman–Crippen LogP) is 3.01. The highest BCUT2D eigenvalue weighted by molar-refractivity contribution is 6.51. The normalized spacial score (nSPS) is 20.8. The molecule has 1 heterocycles. The number of alkyl carbamates (subject to hydrolysis) is 1. The number of Topliss-reactive ketones (excluding diaryl/α,β-unsaturated/α-hetero) is 1. The van der Waals surface area contributed by atoms with Gasteiger partial charge in [0.25, 0.3) is 5.91 Å². The van der Waals surface area contributed by atoms with E-state index in [1.807, 2.05) is 24.3 Å². The summed E-state index contributed by atoms with van der Waals surface area (Å²) in [6, 6.07) is 11.6. The Hall–Kier alpha value is -4.95. The predicted molar refractivity (Wildman–Crippen MR) is 213 cm³/mol. The second kappa shape index (κ2) is 17.7. The average molecular weight is 826 g/mol. The number of likely N-dealkylation sites (tertiary alicyclic amines) is 1. The van der Waals surface area contributed by atoms with Crippen LogP contribution in [0.2, 0.25) is 0 Å². The Balaban J connectivity index is 1.30. The fraction of sp³-hybridized carbons (Fsp3) is 0.488. The van der Waals surface area contributed by atoms with Gasteiger partial charge in [-0.15, -0.1) is 29.8 Å². The van der Waals surface area contributed by atoms with Crippen LogP contribution in [0.1, 0.15) is 56.3 Å². The van der Waals surface area contributed by atoms with Gasteiger partial charge in [0.1, 0.15) is 28.1 Å². The monoisotopic (exact) mass is 824 g/mol. The molecule has 1 saturated carbocycles. The Labute approximate surface area is 342 Å². The third-order valence-corrected chi connectivity index (χ3v) is 11.5. The van der Waals surface area contributed by atoms with E-state index in [1.54, 1.807) is 65.2 Å². The van der Waals surface area contributed by atoms with Crippen molar-refractivity contribution in [1.82, 2.24) is 31.1 Å². The van der Waals surface area contributed by atoms with E-state index in [1.165, 1.54) is 15.9 Å². The van der Waals surface area contributed by atoms with Gasteiger partial charge < -0.3 is 35.8 Å². The molecule has 6 unspecified atom stereocenters. The van der Waals surface area contributed by atoms with Crippen LogP contribution in [-0.2, 0) is 46.3 Å². The molecule has 16 heteroatoms. The zero-order valence-electron chi connectivity index (χ0n) is 32.7. The summed E-state index contributed by atoms with van der Waals surface area (Å²) in [4.78, 5) is 97.1. The van der Waals surface area contributed by atoms with E-state index in [4.69, 9.17) is 27.9 Å². The van der Waals surface area contributed by atoms with E-state index in [-0.39, 0.29) is 25.3 Å². The van der Waals surface area contributed by atoms with Crippen molar-refractivity contribution in [3.05, 3.63) is 83.9 Å². The number of hydrogen-bond acceptors (Lipinski definition) is 8. The van der Waals surface area contributed by atoms with Crippen LogP contribution >= 0.6 is 23.2 Å². The quantitative estimate of drug-likeness (QED) is 0.120. The van der Waals surface area contributed by atoms with Crippen molar-refractivity contribution >= 4 is 64.6 Å². The second-order valence-corrected chi connectivity index (χ2v) is 17.4. The molecule has 3 aliphatic rings. The number of hydrogen-bond donors (Lipinski definition) is 4. The van der Waals surface area contributed by atoms with Gasteiger partial charge in [-0.3, -0.25) is 28.8 Å². The number of rotatable bonds is 15. The molecule has 1 saturated heterocycles. The lowest BCUT2D eigenvalue weighted by Gasteiger charge is -2.35. The first-order chi connectivity index (χ1) is 26.8. The minimum atomic E-state index is -1.37. The lowest BCUT2D eigenvalue weighted by molar-refractivity contribution is -0.144. The molecule has 0 spiro atoms. The average Bonchev–Trinajstić information content (AvgIpc) is 3.51. The Bertz CT molecular complexity index is 1880. The van der Waals surface area contributed by atoms with Crippen molar-refractivity contribution in [3.8, 4) is 0 Å². The first-order valence-electron chi connectivity index (χ1n) is 18.9. The Morgan fingerprint density at radius 3 is 2.14 bits per heavy atom. The Morgan fingerprint density at radius 1 is 0.947 bits per heavy atom. The second-order valence-electron chi connectivity index (χ2n) is 15.9. The van der Waals surface area contributed by atoms with E-state index >= 15 is 0 Å². The summed E-state index contributed by atoms with van der Waals surface area (Å²) < 4.78 is 4.19. The van der Waals surface area contributed by atoms with Gasteiger partial charge >= 0.3 is 6.09 Å². The number of nitrogens with zero attached hydrogens (tertiary/aromatic N) is 2. The maximum atomic E-state index is 14.6. The summed E-state index contributed by atoms with van der Waals surface area (Å²) in [7, 11) is 3.09. The maximum Gasteiger partial charge on any atom is 0.408 e. The lowest BCUT2D eigenvalue weighted by Crippen LogP contribution is -2.60. The van der Waals surface area contributed by atoms with Crippen molar-refractivity contribution < 1.29 is 38.3 Å². The molecule has 306 valence electrons. The summed E-state index contributed by atoms with van der Waals surface area (Å²) in [5, 5.41) is 10.3. The summed E-state index contributed by atoms with van der Waals surface area (Å²) in [6.45, 7) is 8.18. The molecule has 4 N–H and O–H groups in total.